The minimum atomic E-state index is -3.61. The lowest BCUT2D eigenvalue weighted by Crippen LogP contribution is -2.45. The molecule has 0 saturated carbocycles. The molecule has 1 saturated heterocycles. The molecule has 0 bridgehead atoms. The van der Waals surface area contributed by atoms with Crippen LogP contribution in [0.15, 0.2) is 41.4 Å². The number of para-hydroxylation sites is 1. The summed E-state index contributed by atoms with van der Waals surface area (Å²) in [5.41, 5.74) is 2.50. The number of benzene rings is 1. The number of nitrogens with one attached hydrogen (secondary N) is 1. The van der Waals surface area contributed by atoms with Crippen molar-refractivity contribution in [2.24, 2.45) is 7.05 Å². The number of amides is 1. The zero-order chi connectivity index (χ0) is 22.6. The van der Waals surface area contributed by atoms with Gasteiger partial charge in [-0.15, -0.1) is 0 Å². The number of sulfonamides is 1. The molecule has 0 aliphatic carbocycles. The van der Waals surface area contributed by atoms with E-state index in [1.54, 1.807) is 25.5 Å². The van der Waals surface area contributed by atoms with E-state index in [2.05, 4.69) is 28.2 Å². The molecule has 31 heavy (non-hydrogen) atoms. The highest BCUT2D eigenvalue weighted by Gasteiger charge is 2.25. The lowest BCUT2D eigenvalue weighted by atomic mass is 10.1. The zero-order valence-electron chi connectivity index (χ0n) is 18.8. The Morgan fingerprint density at radius 1 is 1.06 bits per heavy atom. The number of likely N-dealkylation sites (N-methyl/N-ethyl adjacent to an activating group) is 1. The van der Waals surface area contributed by atoms with Gasteiger partial charge in [-0.25, -0.2) is 8.42 Å². The van der Waals surface area contributed by atoms with Gasteiger partial charge < -0.3 is 19.7 Å². The van der Waals surface area contributed by atoms with Gasteiger partial charge in [0.1, 0.15) is 10.6 Å². The fourth-order valence-corrected chi connectivity index (χ4v) is 5.43. The topological polar surface area (TPSA) is 77.9 Å². The molecular formula is C22H33N5O3S. The Kier molecular flexibility index (Phi) is 7.40. The maximum Gasteiger partial charge on any atom is 0.268 e. The van der Waals surface area contributed by atoms with Crippen molar-refractivity contribution in [2.45, 2.75) is 25.3 Å². The molecule has 0 radical (unpaired) electrons. The van der Waals surface area contributed by atoms with Crippen LogP contribution in [-0.2, 0) is 23.6 Å². The maximum absolute atomic E-state index is 12.9. The molecule has 0 spiro atoms. The van der Waals surface area contributed by atoms with Gasteiger partial charge in [-0.2, -0.15) is 4.31 Å². The minimum absolute atomic E-state index is 0.140. The Hall–Kier alpha value is -2.36. The van der Waals surface area contributed by atoms with Crippen LogP contribution in [0.5, 0.6) is 0 Å². The van der Waals surface area contributed by atoms with Crippen LogP contribution in [0.4, 0.5) is 5.69 Å². The fourth-order valence-electron chi connectivity index (χ4n) is 3.90. The van der Waals surface area contributed by atoms with Crippen LogP contribution in [-0.4, -0.2) is 74.4 Å². The Labute approximate surface area is 185 Å². The molecule has 1 aromatic carbocycles. The smallest absolute Gasteiger partial charge is 0.268 e. The normalized spacial score (nSPS) is 15.5. The molecule has 1 fully saturated rings. The minimum Gasteiger partial charge on any atom is -0.369 e. The van der Waals surface area contributed by atoms with Crippen molar-refractivity contribution in [3.63, 3.8) is 0 Å². The van der Waals surface area contributed by atoms with Crippen LogP contribution in [0, 0.1) is 0 Å². The average Bonchev–Trinajstić information content (AvgIpc) is 3.16. The molecule has 3 rings (SSSR count). The third-order valence-corrected chi connectivity index (χ3v) is 7.85. The first-order valence-electron chi connectivity index (χ1n) is 10.7. The van der Waals surface area contributed by atoms with E-state index in [-0.39, 0.29) is 10.8 Å². The molecule has 2 heterocycles. The van der Waals surface area contributed by atoms with Crippen molar-refractivity contribution in [2.75, 3.05) is 51.2 Å². The molecule has 2 aromatic rings. The Morgan fingerprint density at radius 3 is 2.35 bits per heavy atom. The van der Waals surface area contributed by atoms with Crippen molar-refractivity contribution in [1.29, 1.82) is 0 Å². The highest BCUT2D eigenvalue weighted by Crippen LogP contribution is 2.22. The summed E-state index contributed by atoms with van der Waals surface area (Å²) in [6.07, 6.45) is 1.50. The van der Waals surface area contributed by atoms with Gasteiger partial charge in [-0.1, -0.05) is 32.0 Å². The van der Waals surface area contributed by atoms with Gasteiger partial charge in [0.15, 0.2) is 0 Å². The number of aromatic nitrogens is 1. The summed E-state index contributed by atoms with van der Waals surface area (Å²) in [4.78, 5) is 17.7. The summed E-state index contributed by atoms with van der Waals surface area (Å²) < 4.78 is 28.5. The summed E-state index contributed by atoms with van der Waals surface area (Å²) in [5, 5.41) is 2.96. The molecule has 8 nitrogen and oxygen atoms in total. The predicted octanol–water partition coefficient (Wildman–Crippen LogP) is 1.74. The van der Waals surface area contributed by atoms with Crippen LogP contribution in [0.1, 0.15) is 29.9 Å². The number of rotatable bonds is 8. The molecule has 1 N–H and O–H groups in total. The summed E-state index contributed by atoms with van der Waals surface area (Å²) in [6, 6.07) is 9.55. The quantitative estimate of drug-likeness (QED) is 0.667. The Bertz CT molecular complexity index is 1010. The number of hydrogen-bond donors (Lipinski definition) is 1. The first-order valence-corrected chi connectivity index (χ1v) is 12.2. The highest BCUT2D eigenvalue weighted by atomic mass is 32.2. The van der Waals surface area contributed by atoms with Crippen LogP contribution in [0.2, 0.25) is 0 Å². The molecule has 0 atom stereocenters. The second kappa shape index (κ2) is 9.84. The van der Waals surface area contributed by atoms with E-state index in [1.807, 2.05) is 18.2 Å². The molecule has 1 aromatic heterocycles. The van der Waals surface area contributed by atoms with Crippen LogP contribution in [0.25, 0.3) is 0 Å². The molecule has 1 aliphatic heterocycles. The van der Waals surface area contributed by atoms with E-state index >= 15 is 0 Å². The molecular weight excluding hydrogens is 414 g/mol. The second-order valence-corrected chi connectivity index (χ2v) is 9.80. The van der Waals surface area contributed by atoms with Gasteiger partial charge in [0.2, 0.25) is 10.0 Å². The first-order chi connectivity index (χ1) is 14.8. The number of anilines is 1. The van der Waals surface area contributed by atoms with Gasteiger partial charge >= 0.3 is 0 Å². The van der Waals surface area contributed by atoms with Crippen molar-refractivity contribution >= 4 is 21.6 Å². The van der Waals surface area contributed by atoms with E-state index < -0.39 is 10.0 Å². The van der Waals surface area contributed by atoms with E-state index in [1.165, 1.54) is 16.6 Å². The van der Waals surface area contributed by atoms with Crippen molar-refractivity contribution in [1.82, 2.24) is 19.1 Å². The zero-order valence-corrected chi connectivity index (χ0v) is 19.7. The summed E-state index contributed by atoms with van der Waals surface area (Å²) in [7, 11) is 0.204. The number of carbonyl (C=O) groups excluding carboxylic acids is 1. The lowest BCUT2D eigenvalue weighted by Gasteiger charge is -2.35. The Morgan fingerprint density at radius 2 is 1.71 bits per heavy atom. The van der Waals surface area contributed by atoms with Crippen LogP contribution >= 0.6 is 0 Å². The molecule has 170 valence electrons. The first kappa shape index (κ1) is 23.3. The fraction of sp³-hybridized carbons (Fsp3) is 0.500. The number of carbonyl (C=O) groups is 1. The van der Waals surface area contributed by atoms with E-state index in [4.69, 9.17) is 0 Å². The average molecular weight is 448 g/mol. The van der Waals surface area contributed by atoms with Gasteiger partial charge in [-0.3, -0.25) is 4.79 Å². The van der Waals surface area contributed by atoms with Crippen molar-refractivity contribution in [3.8, 4) is 0 Å². The number of aryl methyl sites for hydroxylation is 1. The van der Waals surface area contributed by atoms with Gasteiger partial charge in [0, 0.05) is 64.7 Å². The van der Waals surface area contributed by atoms with Gasteiger partial charge in [-0.05, 0) is 24.7 Å². The second-order valence-electron chi connectivity index (χ2n) is 7.86. The molecule has 9 heteroatoms. The standard InChI is InChI=1S/C22H33N5O3S/c1-5-27(6-2)31(29,30)19-15-21(25(4)17-19)22(28)23-16-18-9-7-8-10-20(18)26-13-11-24(3)12-14-26/h7-10,15,17H,5-6,11-14,16H2,1-4H3,(H,23,28). The SMILES string of the molecule is CCN(CC)S(=O)(=O)c1cc(C(=O)NCc2ccccc2N2CCN(C)CC2)n(C)c1. The highest BCUT2D eigenvalue weighted by molar-refractivity contribution is 7.89. The monoisotopic (exact) mass is 447 g/mol. The van der Waals surface area contributed by atoms with E-state index in [0.29, 0.717) is 25.3 Å². The van der Waals surface area contributed by atoms with Crippen LogP contribution < -0.4 is 10.2 Å². The van der Waals surface area contributed by atoms with Gasteiger partial charge in [0.25, 0.3) is 5.91 Å². The number of hydrogen-bond acceptors (Lipinski definition) is 5. The number of piperazine rings is 1. The van der Waals surface area contributed by atoms with Gasteiger partial charge in [0.05, 0.1) is 0 Å². The summed E-state index contributed by atoms with van der Waals surface area (Å²) >= 11 is 0. The number of nitrogens with zero attached hydrogens (tertiary/aromatic N) is 4. The lowest BCUT2D eigenvalue weighted by molar-refractivity contribution is 0.0943. The third kappa shape index (κ3) is 5.11. The molecule has 0 unspecified atom stereocenters. The van der Waals surface area contributed by atoms with Crippen molar-refractivity contribution < 1.29 is 13.2 Å². The van der Waals surface area contributed by atoms with E-state index in [0.717, 1.165) is 37.4 Å². The summed E-state index contributed by atoms with van der Waals surface area (Å²) in [5.74, 6) is -0.295. The molecule has 1 amide bonds. The molecule has 1 aliphatic rings. The van der Waals surface area contributed by atoms with Crippen LogP contribution in [0.3, 0.4) is 0 Å². The van der Waals surface area contributed by atoms with E-state index in [9.17, 15) is 13.2 Å². The largest absolute Gasteiger partial charge is 0.369 e. The van der Waals surface area contributed by atoms with Crippen molar-refractivity contribution in [3.05, 3.63) is 47.8 Å². The Balaban J connectivity index is 1.73. The summed E-state index contributed by atoms with van der Waals surface area (Å²) in [6.45, 7) is 8.67. The third-order valence-electron chi connectivity index (χ3n) is 5.83. The predicted molar refractivity (Wildman–Crippen MR) is 123 cm³/mol. The maximum atomic E-state index is 12.9.